The number of carbonyl (C=O) groups excluding carboxylic acids is 1. The van der Waals surface area contributed by atoms with Crippen LogP contribution in [0.1, 0.15) is 47.1 Å². The molecule has 116 valence electrons. The van der Waals surface area contributed by atoms with E-state index in [0.29, 0.717) is 0 Å². The summed E-state index contributed by atoms with van der Waals surface area (Å²) in [7, 11) is 0. The molecule has 3 N–H and O–H groups in total. The molecule has 0 saturated heterocycles. The number of rotatable bonds is 4. The number of aromatic carboxylic acids is 2. The molecule has 1 aromatic carbocycles. The second-order valence-electron chi connectivity index (χ2n) is 5.59. The Bertz CT molecular complexity index is 708. The van der Waals surface area contributed by atoms with Crippen LogP contribution < -0.4 is 5.32 Å². The van der Waals surface area contributed by atoms with Gasteiger partial charge in [0.2, 0.25) is 0 Å². The molecule has 1 amide bonds. The zero-order chi connectivity index (χ0) is 16.7. The van der Waals surface area contributed by atoms with Crippen molar-refractivity contribution in [2.45, 2.75) is 26.3 Å². The summed E-state index contributed by atoms with van der Waals surface area (Å²) in [6, 6.07) is 3.60. The molecule has 7 heteroatoms. The second-order valence-corrected chi connectivity index (χ2v) is 5.59. The predicted octanol–water partition coefficient (Wildman–Crippen LogP) is 1.37. The Morgan fingerprint density at radius 3 is 2.32 bits per heavy atom. The number of nitrogens with zero attached hydrogens (tertiary/aromatic N) is 1. The molecule has 1 aromatic rings. The van der Waals surface area contributed by atoms with Crippen LogP contribution in [0.4, 0.5) is 0 Å². The lowest BCUT2D eigenvalue weighted by molar-refractivity contribution is -0.124. The molecule has 0 bridgehead atoms. The Balaban J connectivity index is 2.61. The lowest BCUT2D eigenvalue weighted by Gasteiger charge is -2.21. The molecule has 0 fully saturated rings. The molecule has 7 nitrogen and oxygen atoms in total. The number of hydrogen-bond donors (Lipinski definition) is 3. The summed E-state index contributed by atoms with van der Waals surface area (Å²) in [5.41, 5.74) is -1.11. The van der Waals surface area contributed by atoms with Gasteiger partial charge < -0.3 is 15.5 Å². The number of nitrogens with one attached hydrogen (secondary N) is 1. The highest BCUT2D eigenvalue weighted by Crippen LogP contribution is 2.28. The van der Waals surface area contributed by atoms with Crippen molar-refractivity contribution in [2.75, 3.05) is 0 Å². The van der Waals surface area contributed by atoms with Crippen molar-refractivity contribution in [3.05, 3.63) is 34.9 Å². The summed E-state index contributed by atoms with van der Waals surface area (Å²) >= 11 is 0. The monoisotopic (exact) mass is 304 g/mol. The van der Waals surface area contributed by atoms with E-state index in [1.807, 2.05) is 13.8 Å². The summed E-state index contributed by atoms with van der Waals surface area (Å²) in [6.45, 7) is 5.32. The zero-order valence-corrected chi connectivity index (χ0v) is 12.4. The molecule has 1 atom stereocenters. The van der Waals surface area contributed by atoms with E-state index >= 15 is 0 Å². The van der Waals surface area contributed by atoms with Crippen LogP contribution in [0.3, 0.4) is 0 Å². The third-order valence-electron chi connectivity index (χ3n) is 3.91. The first-order valence-corrected chi connectivity index (χ1v) is 6.69. The molecule has 0 spiro atoms. The van der Waals surface area contributed by atoms with Crippen LogP contribution >= 0.6 is 0 Å². The van der Waals surface area contributed by atoms with E-state index in [2.05, 4.69) is 10.3 Å². The molecular formula is C15H16N2O5. The SMILES string of the molecule is CC(C)C1(C)N=C(c2cc(C(=O)O)ccc2C(=O)O)NC1=O. The van der Waals surface area contributed by atoms with Crippen molar-refractivity contribution >= 4 is 23.7 Å². The van der Waals surface area contributed by atoms with E-state index < -0.39 is 17.5 Å². The van der Waals surface area contributed by atoms with Crippen molar-refractivity contribution in [1.29, 1.82) is 0 Å². The summed E-state index contributed by atoms with van der Waals surface area (Å²) < 4.78 is 0. The Hall–Kier alpha value is -2.70. The summed E-state index contributed by atoms with van der Waals surface area (Å²) in [5.74, 6) is -2.76. The second kappa shape index (κ2) is 5.25. The number of amides is 1. The summed E-state index contributed by atoms with van der Waals surface area (Å²) in [5, 5.41) is 20.9. The Kier molecular flexibility index (Phi) is 3.74. The van der Waals surface area contributed by atoms with Crippen LogP contribution in [0.2, 0.25) is 0 Å². The minimum absolute atomic E-state index is 0.0740. The molecule has 0 radical (unpaired) electrons. The van der Waals surface area contributed by atoms with Gasteiger partial charge in [-0.15, -0.1) is 0 Å². The first-order chi connectivity index (χ1) is 10.2. The smallest absolute Gasteiger partial charge is 0.336 e. The summed E-state index contributed by atoms with van der Waals surface area (Å²) in [6.07, 6.45) is 0. The molecule has 2 rings (SSSR count). The number of benzene rings is 1. The van der Waals surface area contributed by atoms with Gasteiger partial charge in [-0.2, -0.15) is 0 Å². The maximum atomic E-state index is 12.1. The number of carbonyl (C=O) groups is 3. The fraction of sp³-hybridized carbons (Fsp3) is 0.333. The number of aliphatic imine (C=N–C) groups is 1. The van der Waals surface area contributed by atoms with Crippen LogP contribution in [0.15, 0.2) is 23.2 Å². The molecule has 1 aliphatic rings. The fourth-order valence-electron chi connectivity index (χ4n) is 2.12. The number of carboxylic acid groups (broad SMARTS) is 2. The average Bonchev–Trinajstić information content (AvgIpc) is 2.75. The molecule has 0 saturated carbocycles. The van der Waals surface area contributed by atoms with Crippen molar-refractivity contribution in [3.63, 3.8) is 0 Å². The van der Waals surface area contributed by atoms with E-state index in [4.69, 9.17) is 5.11 Å². The van der Waals surface area contributed by atoms with Crippen molar-refractivity contribution < 1.29 is 24.6 Å². The molecule has 1 aliphatic heterocycles. The van der Waals surface area contributed by atoms with Gasteiger partial charge in [-0.05, 0) is 31.0 Å². The normalized spacial score (nSPS) is 20.7. The minimum atomic E-state index is -1.22. The topological polar surface area (TPSA) is 116 Å². The van der Waals surface area contributed by atoms with Gasteiger partial charge >= 0.3 is 11.9 Å². The number of carboxylic acids is 2. The predicted molar refractivity (Wildman–Crippen MR) is 78.3 cm³/mol. The van der Waals surface area contributed by atoms with Crippen molar-refractivity contribution in [2.24, 2.45) is 10.9 Å². The van der Waals surface area contributed by atoms with Crippen LogP contribution in [0.25, 0.3) is 0 Å². The minimum Gasteiger partial charge on any atom is -0.478 e. The van der Waals surface area contributed by atoms with Crippen molar-refractivity contribution in [1.82, 2.24) is 5.32 Å². The van der Waals surface area contributed by atoms with E-state index in [-0.39, 0.29) is 34.4 Å². The molecule has 1 unspecified atom stereocenters. The Morgan fingerprint density at radius 1 is 1.23 bits per heavy atom. The maximum absolute atomic E-state index is 12.1. The Morgan fingerprint density at radius 2 is 1.86 bits per heavy atom. The van der Waals surface area contributed by atoms with E-state index in [0.717, 1.165) is 0 Å². The lowest BCUT2D eigenvalue weighted by atomic mass is 9.89. The molecule has 1 heterocycles. The van der Waals surface area contributed by atoms with Gasteiger partial charge in [0, 0.05) is 5.56 Å². The van der Waals surface area contributed by atoms with Crippen molar-refractivity contribution in [3.8, 4) is 0 Å². The standard InChI is InChI=1S/C15H16N2O5/c1-7(2)15(3)14(22)16-11(17-15)10-6-8(12(18)19)4-5-9(10)13(20)21/h4-7H,1-3H3,(H,18,19)(H,20,21)(H,16,17,22). The fourth-order valence-corrected chi connectivity index (χ4v) is 2.12. The molecular weight excluding hydrogens is 288 g/mol. The van der Waals surface area contributed by atoms with Gasteiger partial charge in [0.1, 0.15) is 11.4 Å². The van der Waals surface area contributed by atoms with E-state index in [9.17, 15) is 19.5 Å². The largest absolute Gasteiger partial charge is 0.478 e. The molecule has 0 aliphatic carbocycles. The maximum Gasteiger partial charge on any atom is 0.336 e. The van der Waals surface area contributed by atoms with Crippen LogP contribution in [0, 0.1) is 5.92 Å². The lowest BCUT2D eigenvalue weighted by Crippen LogP contribution is -2.41. The average molecular weight is 304 g/mol. The van der Waals surface area contributed by atoms with Gasteiger partial charge in [-0.3, -0.25) is 9.79 Å². The van der Waals surface area contributed by atoms with Gasteiger partial charge in [0.15, 0.2) is 0 Å². The zero-order valence-electron chi connectivity index (χ0n) is 12.4. The van der Waals surface area contributed by atoms with Crippen LogP contribution in [-0.4, -0.2) is 39.4 Å². The van der Waals surface area contributed by atoms with Gasteiger partial charge in [0.05, 0.1) is 11.1 Å². The highest BCUT2D eigenvalue weighted by atomic mass is 16.4. The van der Waals surface area contributed by atoms with Gasteiger partial charge in [-0.25, -0.2) is 9.59 Å². The summed E-state index contributed by atoms with van der Waals surface area (Å²) in [4.78, 5) is 38.8. The Labute approximate surface area is 126 Å². The number of amidine groups is 1. The highest BCUT2D eigenvalue weighted by molar-refractivity contribution is 6.18. The molecule has 0 aromatic heterocycles. The highest BCUT2D eigenvalue weighted by Gasteiger charge is 2.42. The van der Waals surface area contributed by atoms with Gasteiger partial charge in [0.25, 0.3) is 5.91 Å². The van der Waals surface area contributed by atoms with Crippen LogP contribution in [-0.2, 0) is 4.79 Å². The molecule has 22 heavy (non-hydrogen) atoms. The van der Waals surface area contributed by atoms with Crippen LogP contribution in [0.5, 0.6) is 0 Å². The third kappa shape index (κ3) is 2.45. The quantitative estimate of drug-likeness (QED) is 0.777. The first-order valence-electron chi connectivity index (χ1n) is 6.69. The third-order valence-corrected chi connectivity index (χ3v) is 3.91. The van der Waals surface area contributed by atoms with E-state index in [1.54, 1.807) is 6.92 Å². The van der Waals surface area contributed by atoms with E-state index in [1.165, 1.54) is 18.2 Å². The number of hydrogen-bond acceptors (Lipinski definition) is 4. The first kappa shape index (κ1) is 15.7. The van der Waals surface area contributed by atoms with Gasteiger partial charge in [-0.1, -0.05) is 13.8 Å².